The van der Waals surface area contributed by atoms with Crippen LogP contribution in [0, 0.1) is 0 Å². The third-order valence-electron chi connectivity index (χ3n) is 9.27. The highest BCUT2D eigenvalue weighted by molar-refractivity contribution is 7.22. The number of methoxy groups -OCH3 is 1. The largest absolute Gasteiger partial charge is 0.496 e. The van der Waals surface area contributed by atoms with E-state index in [1.165, 1.54) is 57.6 Å². The van der Waals surface area contributed by atoms with Crippen molar-refractivity contribution in [2.45, 2.75) is 45.3 Å². The maximum atomic E-state index is 12.3. The van der Waals surface area contributed by atoms with Gasteiger partial charge in [-0.05, 0) is 115 Å². The Kier molecular flexibility index (Phi) is 9.73. The average Bonchev–Trinajstić information content (AvgIpc) is 3.86. The summed E-state index contributed by atoms with van der Waals surface area (Å²) in [5.41, 5.74) is 5.82. The number of hydrogen-bond donors (Lipinski definition) is 0. The van der Waals surface area contributed by atoms with Gasteiger partial charge in [0.15, 0.2) is 0 Å². The van der Waals surface area contributed by atoms with Crippen molar-refractivity contribution in [1.82, 2.24) is 9.80 Å². The Hall–Kier alpha value is -4.33. The van der Waals surface area contributed by atoms with E-state index in [0.29, 0.717) is 26.2 Å². The predicted molar refractivity (Wildman–Crippen MR) is 190 cm³/mol. The highest BCUT2D eigenvalue weighted by atomic mass is 32.1. The summed E-state index contributed by atoms with van der Waals surface area (Å²) < 4.78 is 19.4. The second-order valence-corrected chi connectivity index (χ2v) is 13.6. The Bertz CT molecular complexity index is 1810. The van der Waals surface area contributed by atoms with Crippen molar-refractivity contribution in [2.75, 3.05) is 39.9 Å². The van der Waals surface area contributed by atoms with E-state index in [1.807, 2.05) is 23.1 Å². The third kappa shape index (κ3) is 7.47. The fraction of sp³-hybridized carbons (Fsp3) is 0.325. The topological polar surface area (TPSA) is 51.2 Å². The standard InChI is InChI=1S/C40H42N2O4S/c1-44-37-25-30(11-12-32(37)27-42-21-7-10-39(42)43)24-36-35-18-17-34(46-28-29-8-3-2-4-9-29)26-38(35)47-40(36)31-13-15-33(16-14-31)45-23-22-41-19-5-6-20-41/h2-4,8-9,11-18,25-26H,5-7,10,19-24,27-28H2,1H3. The van der Waals surface area contributed by atoms with Crippen molar-refractivity contribution in [3.05, 3.63) is 113 Å². The molecule has 0 saturated carbocycles. The fourth-order valence-electron chi connectivity index (χ4n) is 6.68. The molecule has 4 aromatic carbocycles. The molecule has 0 unspecified atom stereocenters. The van der Waals surface area contributed by atoms with Crippen LogP contribution in [0.15, 0.2) is 91.0 Å². The molecule has 2 saturated heterocycles. The minimum absolute atomic E-state index is 0.223. The van der Waals surface area contributed by atoms with Crippen LogP contribution in [0.1, 0.15) is 47.9 Å². The zero-order valence-electron chi connectivity index (χ0n) is 27.1. The Labute approximate surface area is 281 Å². The SMILES string of the molecule is COc1cc(Cc2c(-c3ccc(OCCN4CCCC4)cc3)sc3cc(OCc4ccccc4)ccc23)ccc1CN1CCCC1=O. The molecule has 0 N–H and O–H groups in total. The van der Waals surface area contributed by atoms with Gasteiger partial charge in [-0.25, -0.2) is 0 Å². The van der Waals surface area contributed by atoms with Crippen LogP contribution in [0.25, 0.3) is 20.5 Å². The van der Waals surface area contributed by atoms with Crippen molar-refractivity contribution >= 4 is 27.3 Å². The van der Waals surface area contributed by atoms with E-state index >= 15 is 0 Å². The van der Waals surface area contributed by atoms with Crippen LogP contribution in [0.5, 0.6) is 17.2 Å². The molecule has 3 heterocycles. The van der Waals surface area contributed by atoms with Gasteiger partial charge in [-0.3, -0.25) is 9.69 Å². The smallest absolute Gasteiger partial charge is 0.222 e. The molecule has 7 heteroatoms. The quantitative estimate of drug-likeness (QED) is 0.129. The number of thiophene rings is 1. The van der Waals surface area contributed by atoms with E-state index < -0.39 is 0 Å². The summed E-state index contributed by atoms with van der Waals surface area (Å²) >= 11 is 1.80. The minimum atomic E-state index is 0.223. The Balaban J connectivity index is 1.15. The number of rotatable bonds is 13. The van der Waals surface area contributed by atoms with Crippen molar-refractivity contribution in [1.29, 1.82) is 0 Å². The summed E-state index contributed by atoms with van der Waals surface area (Å²) in [6, 6.07) is 31.7. The van der Waals surface area contributed by atoms with Crippen LogP contribution in [-0.4, -0.2) is 55.6 Å². The molecule has 0 bridgehead atoms. The fourth-order valence-corrected chi connectivity index (χ4v) is 7.94. The lowest BCUT2D eigenvalue weighted by Crippen LogP contribution is -2.25. The van der Waals surface area contributed by atoms with E-state index in [1.54, 1.807) is 18.4 Å². The first-order chi connectivity index (χ1) is 23.1. The number of hydrogen-bond acceptors (Lipinski definition) is 6. The molecule has 47 heavy (non-hydrogen) atoms. The number of amides is 1. The summed E-state index contributed by atoms with van der Waals surface area (Å²) in [4.78, 5) is 17.9. The number of likely N-dealkylation sites (tertiary alicyclic amines) is 2. The van der Waals surface area contributed by atoms with Gasteiger partial charge in [-0.15, -0.1) is 11.3 Å². The average molecular weight is 647 g/mol. The molecule has 2 fully saturated rings. The summed E-state index contributed by atoms with van der Waals surface area (Å²) in [6.45, 7) is 5.99. The number of carbonyl (C=O) groups excluding carboxylic acids is 1. The second-order valence-electron chi connectivity index (χ2n) is 12.5. The molecule has 0 spiro atoms. The summed E-state index contributed by atoms with van der Waals surface area (Å²) in [7, 11) is 1.71. The van der Waals surface area contributed by atoms with Crippen LogP contribution in [0.2, 0.25) is 0 Å². The van der Waals surface area contributed by atoms with Gasteiger partial charge < -0.3 is 19.1 Å². The third-order valence-corrected chi connectivity index (χ3v) is 10.5. The molecule has 0 radical (unpaired) electrons. The van der Waals surface area contributed by atoms with E-state index in [4.69, 9.17) is 14.2 Å². The number of carbonyl (C=O) groups is 1. The first-order valence-corrected chi connectivity index (χ1v) is 17.6. The van der Waals surface area contributed by atoms with Crippen molar-refractivity contribution in [2.24, 2.45) is 0 Å². The molecular formula is C40H42N2O4S. The number of benzene rings is 4. The maximum Gasteiger partial charge on any atom is 0.222 e. The van der Waals surface area contributed by atoms with Crippen LogP contribution in [0.3, 0.4) is 0 Å². The van der Waals surface area contributed by atoms with E-state index in [-0.39, 0.29) is 5.91 Å². The van der Waals surface area contributed by atoms with Crippen LogP contribution >= 0.6 is 11.3 Å². The van der Waals surface area contributed by atoms with Crippen LogP contribution < -0.4 is 14.2 Å². The molecule has 2 aliphatic heterocycles. The summed E-state index contributed by atoms with van der Waals surface area (Å²) in [5, 5.41) is 1.23. The Morgan fingerprint density at radius 3 is 2.36 bits per heavy atom. The number of fused-ring (bicyclic) bond motifs is 1. The molecule has 5 aromatic rings. The minimum Gasteiger partial charge on any atom is -0.496 e. The summed E-state index contributed by atoms with van der Waals surface area (Å²) in [6.07, 6.45) is 4.91. The predicted octanol–water partition coefficient (Wildman–Crippen LogP) is 8.34. The van der Waals surface area contributed by atoms with Gasteiger partial charge in [0.25, 0.3) is 0 Å². The molecule has 1 amide bonds. The van der Waals surface area contributed by atoms with Crippen molar-refractivity contribution < 1.29 is 19.0 Å². The number of ether oxygens (including phenoxy) is 3. The van der Waals surface area contributed by atoms with Gasteiger partial charge in [0.05, 0.1) is 7.11 Å². The molecule has 0 aliphatic carbocycles. The zero-order valence-corrected chi connectivity index (χ0v) is 27.9. The Morgan fingerprint density at radius 1 is 0.787 bits per heavy atom. The van der Waals surface area contributed by atoms with Crippen LogP contribution in [0.4, 0.5) is 0 Å². The maximum absolute atomic E-state index is 12.3. The van der Waals surface area contributed by atoms with Crippen LogP contribution in [-0.2, 0) is 24.4 Å². The van der Waals surface area contributed by atoms with E-state index in [0.717, 1.165) is 54.3 Å². The molecule has 242 valence electrons. The summed E-state index contributed by atoms with van der Waals surface area (Å²) in [5.74, 6) is 2.82. The molecule has 2 aliphatic rings. The van der Waals surface area contributed by atoms with E-state index in [2.05, 4.69) is 77.7 Å². The van der Waals surface area contributed by atoms with Gasteiger partial charge in [0.2, 0.25) is 5.91 Å². The second kappa shape index (κ2) is 14.6. The van der Waals surface area contributed by atoms with E-state index in [9.17, 15) is 4.79 Å². The van der Waals surface area contributed by atoms with Crippen molar-refractivity contribution in [3.8, 4) is 27.7 Å². The monoisotopic (exact) mass is 646 g/mol. The van der Waals surface area contributed by atoms with Gasteiger partial charge in [-0.1, -0.05) is 42.5 Å². The Morgan fingerprint density at radius 2 is 1.60 bits per heavy atom. The van der Waals surface area contributed by atoms with Gasteiger partial charge in [0.1, 0.15) is 30.5 Å². The molecule has 0 atom stereocenters. The lowest BCUT2D eigenvalue weighted by Gasteiger charge is -2.18. The molecule has 1 aromatic heterocycles. The number of nitrogens with zero attached hydrogens (tertiary/aromatic N) is 2. The highest BCUT2D eigenvalue weighted by Crippen LogP contribution is 2.42. The molecular weight excluding hydrogens is 605 g/mol. The lowest BCUT2D eigenvalue weighted by molar-refractivity contribution is -0.128. The van der Waals surface area contributed by atoms with Gasteiger partial charge >= 0.3 is 0 Å². The zero-order chi connectivity index (χ0) is 32.0. The highest BCUT2D eigenvalue weighted by Gasteiger charge is 2.22. The first kappa shape index (κ1) is 31.3. The lowest BCUT2D eigenvalue weighted by atomic mass is 9.97. The normalized spacial score (nSPS) is 15.1. The van der Waals surface area contributed by atoms with Gasteiger partial charge in [0, 0.05) is 41.2 Å². The van der Waals surface area contributed by atoms with Crippen molar-refractivity contribution in [3.63, 3.8) is 0 Å². The first-order valence-electron chi connectivity index (χ1n) is 16.7. The molecule has 6 nitrogen and oxygen atoms in total. The molecule has 7 rings (SSSR count). The van der Waals surface area contributed by atoms with Gasteiger partial charge in [-0.2, -0.15) is 0 Å².